The number of carbonyl (C=O) groups is 1. The van der Waals surface area contributed by atoms with Gasteiger partial charge in [0, 0.05) is 0 Å². The maximum atomic E-state index is 10.0. The Hall–Kier alpha value is -0.280. The fourth-order valence-electron chi connectivity index (χ4n) is 0.0538. The number of hydrogen-bond acceptors (Lipinski definition) is 2. The summed E-state index contributed by atoms with van der Waals surface area (Å²) in [6.07, 6.45) is 0. The van der Waals surface area contributed by atoms with E-state index in [2.05, 4.69) is 4.84 Å². The lowest BCUT2D eigenvalue weighted by atomic mass is 10.4. The number of hydrogen-bond donors (Lipinski definition) is 2. The molecule has 0 bridgehead atoms. The Labute approximate surface area is 46.9 Å². The van der Waals surface area contributed by atoms with Gasteiger partial charge in [-0.15, -0.1) is 0 Å². The molecule has 0 radical (unpaired) electrons. The molecule has 3 N–H and O–H groups in total. The van der Waals surface area contributed by atoms with Crippen molar-refractivity contribution in [3.63, 3.8) is 0 Å². The van der Waals surface area contributed by atoms with Crippen LogP contribution in [-0.2, 0) is 4.79 Å². The Balaban J connectivity index is 3.34. The molecule has 0 aliphatic rings. The summed E-state index contributed by atoms with van der Waals surface area (Å²) in [6.45, 7) is 1.58. The van der Waals surface area contributed by atoms with Crippen molar-refractivity contribution in [1.82, 2.24) is 4.84 Å². The van der Waals surface area contributed by atoms with Crippen LogP contribution in [0, 0.1) is 0 Å². The first-order chi connectivity index (χ1) is 3.18. The summed E-state index contributed by atoms with van der Waals surface area (Å²) in [7, 11) is 0. The number of rotatable bonds is 2. The normalized spacial score (nSPS) is 13.4. The second-order valence-corrected chi connectivity index (χ2v) is 1.45. The first kappa shape index (κ1) is 6.72. The number of primary amides is 1. The van der Waals surface area contributed by atoms with Crippen LogP contribution in [0.25, 0.3) is 0 Å². The molecular formula is C3H7ClN2O. The van der Waals surface area contributed by atoms with Gasteiger partial charge >= 0.3 is 0 Å². The van der Waals surface area contributed by atoms with E-state index in [0.29, 0.717) is 0 Å². The van der Waals surface area contributed by atoms with Gasteiger partial charge in [-0.05, 0) is 18.7 Å². The van der Waals surface area contributed by atoms with Gasteiger partial charge in [-0.1, -0.05) is 0 Å². The molecule has 0 aliphatic carbocycles. The van der Waals surface area contributed by atoms with E-state index in [1.165, 1.54) is 0 Å². The number of carbonyl (C=O) groups excluding carboxylic acids is 1. The molecule has 3 nitrogen and oxygen atoms in total. The fourth-order valence-corrected chi connectivity index (χ4v) is 0.161. The van der Waals surface area contributed by atoms with Crippen LogP contribution in [0.2, 0.25) is 0 Å². The number of nitrogens with two attached hydrogens (primary N) is 1. The van der Waals surface area contributed by atoms with E-state index in [0.717, 1.165) is 0 Å². The van der Waals surface area contributed by atoms with Crippen molar-refractivity contribution in [3.05, 3.63) is 0 Å². The van der Waals surface area contributed by atoms with Crippen LogP contribution in [0.5, 0.6) is 0 Å². The maximum absolute atomic E-state index is 10.0. The van der Waals surface area contributed by atoms with Gasteiger partial charge in [0.15, 0.2) is 0 Å². The minimum absolute atomic E-state index is 0.443. The average molecular weight is 123 g/mol. The van der Waals surface area contributed by atoms with Crippen molar-refractivity contribution in [2.45, 2.75) is 13.0 Å². The van der Waals surface area contributed by atoms with Crippen LogP contribution in [0.4, 0.5) is 0 Å². The summed E-state index contributed by atoms with van der Waals surface area (Å²) < 4.78 is 0. The largest absolute Gasteiger partial charge is 0.368 e. The van der Waals surface area contributed by atoms with E-state index in [-0.39, 0.29) is 0 Å². The van der Waals surface area contributed by atoms with Gasteiger partial charge < -0.3 is 5.73 Å². The van der Waals surface area contributed by atoms with E-state index >= 15 is 0 Å². The van der Waals surface area contributed by atoms with Crippen molar-refractivity contribution in [2.75, 3.05) is 0 Å². The van der Waals surface area contributed by atoms with Gasteiger partial charge in [-0.2, -0.15) is 0 Å². The van der Waals surface area contributed by atoms with Crippen LogP contribution < -0.4 is 10.6 Å². The van der Waals surface area contributed by atoms with Crippen molar-refractivity contribution >= 4 is 17.7 Å². The van der Waals surface area contributed by atoms with E-state index in [9.17, 15) is 4.79 Å². The first-order valence-corrected chi connectivity index (χ1v) is 2.21. The molecule has 0 saturated heterocycles. The fraction of sp³-hybridized carbons (Fsp3) is 0.667. The predicted octanol–water partition coefficient (Wildman–Crippen LogP) is -0.396. The highest BCUT2D eigenvalue weighted by Gasteiger charge is 2.02. The zero-order chi connectivity index (χ0) is 5.86. The van der Waals surface area contributed by atoms with Gasteiger partial charge in [-0.25, -0.2) is 4.84 Å². The number of amides is 1. The zero-order valence-electron chi connectivity index (χ0n) is 3.94. The van der Waals surface area contributed by atoms with Crippen molar-refractivity contribution in [3.8, 4) is 0 Å². The van der Waals surface area contributed by atoms with Crippen LogP contribution in [0.1, 0.15) is 6.92 Å². The Kier molecular flexibility index (Phi) is 2.71. The smallest absolute Gasteiger partial charge is 0.235 e. The molecule has 1 atom stereocenters. The second-order valence-electron chi connectivity index (χ2n) is 1.23. The molecule has 0 spiro atoms. The molecule has 0 unspecified atom stereocenters. The molecule has 0 saturated carbocycles. The molecule has 4 heteroatoms. The predicted molar refractivity (Wildman–Crippen MR) is 27.6 cm³/mol. The molecule has 0 fully saturated rings. The van der Waals surface area contributed by atoms with E-state index in [1.54, 1.807) is 6.92 Å². The molecule has 7 heavy (non-hydrogen) atoms. The summed E-state index contributed by atoms with van der Waals surface area (Å²) in [4.78, 5) is 12.2. The summed E-state index contributed by atoms with van der Waals surface area (Å²) in [5, 5.41) is 0. The van der Waals surface area contributed by atoms with Gasteiger partial charge in [0.25, 0.3) is 0 Å². The van der Waals surface area contributed by atoms with E-state index in [1.807, 2.05) is 0 Å². The molecule has 0 aromatic rings. The SMILES string of the molecule is C[C@@H](NCl)C(N)=O. The number of nitrogens with one attached hydrogen (secondary N) is 1. The van der Waals surface area contributed by atoms with Gasteiger partial charge in [0.2, 0.25) is 5.91 Å². The lowest BCUT2D eigenvalue weighted by Gasteiger charge is -1.98. The van der Waals surface area contributed by atoms with Gasteiger partial charge in [0.1, 0.15) is 0 Å². The van der Waals surface area contributed by atoms with Gasteiger partial charge in [-0.3, -0.25) is 4.79 Å². The molecule has 0 aromatic carbocycles. The van der Waals surface area contributed by atoms with Crippen LogP contribution in [-0.4, -0.2) is 11.9 Å². The Bertz CT molecular complexity index is 75.3. The lowest BCUT2D eigenvalue weighted by Crippen LogP contribution is -2.33. The van der Waals surface area contributed by atoms with Gasteiger partial charge in [0.05, 0.1) is 6.04 Å². The Morgan fingerprint density at radius 2 is 2.43 bits per heavy atom. The van der Waals surface area contributed by atoms with E-state index < -0.39 is 11.9 Å². The summed E-state index contributed by atoms with van der Waals surface area (Å²) in [5.41, 5.74) is 4.76. The maximum Gasteiger partial charge on any atom is 0.235 e. The zero-order valence-corrected chi connectivity index (χ0v) is 4.70. The van der Waals surface area contributed by atoms with Crippen molar-refractivity contribution in [2.24, 2.45) is 5.73 Å². The summed E-state index contributed by atoms with van der Waals surface area (Å²) in [6, 6.07) is -0.443. The van der Waals surface area contributed by atoms with Crippen molar-refractivity contribution in [1.29, 1.82) is 0 Å². The number of halogens is 1. The highest BCUT2D eigenvalue weighted by molar-refractivity contribution is 6.14. The van der Waals surface area contributed by atoms with E-state index in [4.69, 9.17) is 17.5 Å². The standard InChI is InChI=1S/C3H7ClN2O/c1-2(6-4)3(5)7/h2,6H,1H3,(H2,5,7)/t2-/m1/s1. The highest BCUT2D eigenvalue weighted by atomic mass is 35.5. The third-order valence-corrected chi connectivity index (χ3v) is 0.918. The Morgan fingerprint density at radius 3 is 2.43 bits per heavy atom. The molecule has 0 rings (SSSR count). The molecular weight excluding hydrogens is 115 g/mol. The highest BCUT2D eigenvalue weighted by Crippen LogP contribution is 1.77. The topological polar surface area (TPSA) is 55.1 Å². The Morgan fingerprint density at radius 1 is 2.00 bits per heavy atom. The monoisotopic (exact) mass is 122 g/mol. The molecule has 0 aliphatic heterocycles. The minimum Gasteiger partial charge on any atom is -0.368 e. The molecule has 42 valence electrons. The lowest BCUT2D eigenvalue weighted by molar-refractivity contribution is -0.119. The molecule has 0 aromatic heterocycles. The van der Waals surface area contributed by atoms with Crippen LogP contribution in [0.15, 0.2) is 0 Å². The average Bonchev–Trinajstić information content (AvgIpc) is 1.65. The van der Waals surface area contributed by atoms with Crippen molar-refractivity contribution < 1.29 is 4.79 Å². The molecule has 0 heterocycles. The van der Waals surface area contributed by atoms with Crippen LogP contribution in [0.3, 0.4) is 0 Å². The quantitative estimate of drug-likeness (QED) is 0.490. The minimum atomic E-state index is -0.449. The van der Waals surface area contributed by atoms with Crippen LogP contribution >= 0.6 is 11.8 Å². The third kappa shape index (κ3) is 2.42. The third-order valence-electron chi connectivity index (χ3n) is 0.590. The molecule has 1 amide bonds. The summed E-state index contributed by atoms with van der Waals surface area (Å²) >= 11 is 5.00. The second kappa shape index (κ2) is 2.82. The first-order valence-electron chi connectivity index (χ1n) is 1.84. The summed E-state index contributed by atoms with van der Waals surface area (Å²) in [5.74, 6) is -0.449.